The summed E-state index contributed by atoms with van der Waals surface area (Å²) in [5, 5.41) is 36.4. The van der Waals surface area contributed by atoms with Gasteiger partial charge in [0.15, 0.2) is 11.6 Å². The van der Waals surface area contributed by atoms with E-state index >= 15 is 0 Å². The molecule has 1 saturated heterocycles. The first-order valence-electron chi connectivity index (χ1n) is 10.8. The Morgan fingerprint density at radius 1 is 0.821 bits per heavy atom. The van der Waals surface area contributed by atoms with Gasteiger partial charge in [-0.15, -0.1) is 22.7 Å². The minimum Gasteiger partial charge on any atom is -0.367 e. The summed E-state index contributed by atoms with van der Waals surface area (Å²) in [7, 11) is 0. The Balaban J connectivity index is 2.08. The number of nitro groups is 1. The van der Waals surface area contributed by atoms with Gasteiger partial charge >= 0.3 is 12.4 Å². The van der Waals surface area contributed by atoms with Gasteiger partial charge in [0.2, 0.25) is 11.4 Å². The van der Waals surface area contributed by atoms with Gasteiger partial charge in [-0.2, -0.15) is 26.3 Å². The molecule has 0 saturated carbocycles. The van der Waals surface area contributed by atoms with E-state index in [4.69, 9.17) is 0 Å². The number of aliphatic hydroxyl groups is 2. The lowest BCUT2D eigenvalue weighted by Crippen LogP contribution is -2.81. The van der Waals surface area contributed by atoms with E-state index in [0.717, 1.165) is 41.7 Å². The van der Waals surface area contributed by atoms with Gasteiger partial charge in [-0.1, -0.05) is 24.3 Å². The minimum absolute atomic E-state index is 0.379. The summed E-state index contributed by atoms with van der Waals surface area (Å²) in [6.07, 6.45) is -12.0. The van der Waals surface area contributed by atoms with Crippen molar-refractivity contribution in [2.75, 3.05) is 0 Å². The summed E-state index contributed by atoms with van der Waals surface area (Å²) in [4.78, 5) is 36.5. The standard InChI is InChI=1S/C23H16F6N2O6S2/c24-22(25,26)20(34)16(18(32)13-3-1-9-38-13)15(11-5-7-12(8-6-11)31(36)37)17(19(33)14-4-2-10-39-14)21(35,30-20)23(27,28)29/h1-10,15-17,30,34-35H. The number of benzene rings is 1. The van der Waals surface area contributed by atoms with Crippen LogP contribution in [-0.2, 0) is 0 Å². The first-order valence-corrected chi connectivity index (χ1v) is 12.6. The number of Topliss-reactive ketones (excluding diaryl/α,β-unsaturated/α-hetero) is 2. The summed E-state index contributed by atoms with van der Waals surface area (Å²) >= 11 is 1.28. The van der Waals surface area contributed by atoms with Gasteiger partial charge in [-0.3, -0.25) is 19.7 Å². The predicted molar refractivity (Wildman–Crippen MR) is 125 cm³/mol. The van der Waals surface area contributed by atoms with Crippen LogP contribution in [0.2, 0.25) is 0 Å². The molecule has 0 spiro atoms. The Hall–Kier alpha value is -3.18. The number of nitro benzene ring substituents is 1. The number of hydrogen-bond donors (Lipinski definition) is 3. The molecule has 0 aliphatic carbocycles. The molecule has 4 atom stereocenters. The van der Waals surface area contributed by atoms with Crippen molar-refractivity contribution in [3.05, 3.63) is 84.7 Å². The SMILES string of the molecule is O=C(c1cccs1)C1C(c2ccc([N+](=O)[O-])cc2)C(C(=O)c2cccs2)C(O)(C(F)(F)F)NC1(O)C(F)(F)F. The van der Waals surface area contributed by atoms with Crippen molar-refractivity contribution in [2.45, 2.75) is 29.7 Å². The second kappa shape index (κ2) is 9.78. The van der Waals surface area contributed by atoms with Crippen molar-refractivity contribution in [3.8, 4) is 0 Å². The topological polar surface area (TPSA) is 130 Å². The first-order chi connectivity index (χ1) is 18.0. The highest BCUT2D eigenvalue weighted by Crippen LogP contribution is 2.57. The average molecular weight is 595 g/mol. The lowest BCUT2D eigenvalue weighted by Gasteiger charge is -2.55. The highest BCUT2D eigenvalue weighted by Gasteiger charge is 2.77. The summed E-state index contributed by atoms with van der Waals surface area (Å²) in [5.74, 6) is -11.1. The largest absolute Gasteiger partial charge is 0.431 e. The van der Waals surface area contributed by atoms with E-state index in [1.165, 1.54) is 22.9 Å². The Morgan fingerprint density at radius 3 is 1.54 bits per heavy atom. The van der Waals surface area contributed by atoms with Crippen LogP contribution in [0.15, 0.2) is 59.3 Å². The van der Waals surface area contributed by atoms with Crippen LogP contribution in [-0.4, -0.2) is 50.5 Å². The van der Waals surface area contributed by atoms with E-state index in [0.29, 0.717) is 22.7 Å². The number of thiophene rings is 2. The number of hydrogen-bond acceptors (Lipinski definition) is 9. The number of alkyl halides is 6. The number of nitrogens with zero attached hydrogens (tertiary/aromatic N) is 1. The highest BCUT2D eigenvalue weighted by molar-refractivity contribution is 7.12. The summed E-state index contributed by atoms with van der Waals surface area (Å²) in [5.41, 5.74) is -10.5. The van der Waals surface area contributed by atoms with Gasteiger partial charge in [-0.25, -0.2) is 5.32 Å². The number of halogens is 6. The van der Waals surface area contributed by atoms with Crippen molar-refractivity contribution >= 4 is 39.9 Å². The smallest absolute Gasteiger partial charge is 0.367 e. The highest BCUT2D eigenvalue weighted by atomic mass is 32.1. The molecule has 39 heavy (non-hydrogen) atoms. The summed E-state index contributed by atoms with van der Waals surface area (Å²) < 4.78 is 86.7. The number of non-ortho nitro benzene ring substituents is 1. The van der Waals surface area contributed by atoms with Crippen LogP contribution in [0.25, 0.3) is 0 Å². The third-order valence-corrected chi connectivity index (χ3v) is 8.21. The van der Waals surface area contributed by atoms with E-state index in [-0.39, 0.29) is 9.75 Å². The number of ketones is 2. The molecule has 1 fully saturated rings. The molecule has 0 bridgehead atoms. The van der Waals surface area contributed by atoms with Crippen LogP contribution in [0.4, 0.5) is 32.0 Å². The van der Waals surface area contributed by atoms with E-state index in [2.05, 4.69) is 0 Å². The number of carbonyl (C=O) groups is 2. The molecule has 1 aliphatic rings. The van der Waals surface area contributed by atoms with Gasteiger partial charge in [0.1, 0.15) is 0 Å². The fourth-order valence-corrected chi connectivity index (χ4v) is 6.11. The molecule has 16 heteroatoms. The van der Waals surface area contributed by atoms with E-state index in [1.807, 2.05) is 0 Å². The summed E-state index contributed by atoms with van der Waals surface area (Å²) in [6.45, 7) is 0. The lowest BCUT2D eigenvalue weighted by atomic mass is 9.61. The molecule has 3 N–H and O–H groups in total. The molecule has 2 aromatic heterocycles. The molecule has 4 rings (SSSR count). The fourth-order valence-electron chi connectivity index (χ4n) is 4.71. The Labute approximate surface area is 222 Å². The van der Waals surface area contributed by atoms with E-state index < -0.39 is 69.3 Å². The average Bonchev–Trinajstić information content (AvgIpc) is 3.56. The maximum atomic E-state index is 14.5. The predicted octanol–water partition coefficient (Wildman–Crippen LogP) is 4.90. The third-order valence-electron chi connectivity index (χ3n) is 6.45. The molecule has 0 radical (unpaired) electrons. The van der Waals surface area contributed by atoms with Gasteiger partial charge in [-0.05, 0) is 28.5 Å². The van der Waals surface area contributed by atoms with Crippen molar-refractivity contribution in [2.24, 2.45) is 11.8 Å². The van der Waals surface area contributed by atoms with Crippen molar-refractivity contribution < 1.29 is 51.1 Å². The Kier molecular flexibility index (Phi) is 7.23. The van der Waals surface area contributed by atoms with E-state index in [1.54, 1.807) is 0 Å². The molecular formula is C23H16F6N2O6S2. The molecule has 8 nitrogen and oxygen atoms in total. The molecule has 1 aliphatic heterocycles. The Bertz CT molecular complexity index is 1300. The number of rotatable bonds is 6. The molecule has 1 aromatic carbocycles. The third kappa shape index (κ3) is 4.75. The van der Waals surface area contributed by atoms with Crippen LogP contribution in [0.1, 0.15) is 30.8 Å². The van der Waals surface area contributed by atoms with Crippen LogP contribution in [0.5, 0.6) is 0 Å². The fraction of sp³-hybridized carbons (Fsp3) is 0.304. The van der Waals surface area contributed by atoms with Gasteiger partial charge in [0, 0.05) is 18.1 Å². The van der Waals surface area contributed by atoms with Gasteiger partial charge < -0.3 is 10.2 Å². The molecule has 3 aromatic rings. The second-order valence-corrected chi connectivity index (χ2v) is 10.6. The van der Waals surface area contributed by atoms with Crippen LogP contribution in [0.3, 0.4) is 0 Å². The van der Waals surface area contributed by atoms with E-state index in [9.17, 15) is 56.3 Å². The molecule has 4 unspecified atom stereocenters. The van der Waals surface area contributed by atoms with Gasteiger partial charge in [0.05, 0.1) is 26.5 Å². The normalized spacial score (nSPS) is 27.7. The second-order valence-electron chi connectivity index (χ2n) is 8.67. The number of nitrogens with one attached hydrogen (secondary N) is 1. The van der Waals surface area contributed by atoms with Crippen LogP contribution >= 0.6 is 22.7 Å². The zero-order chi connectivity index (χ0) is 29.0. The maximum absolute atomic E-state index is 14.5. The number of carbonyl (C=O) groups excluding carboxylic acids is 2. The Morgan fingerprint density at radius 2 is 1.23 bits per heavy atom. The van der Waals surface area contributed by atoms with Gasteiger partial charge in [0.25, 0.3) is 5.69 Å². The maximum Gasteiger partial charge on any atom is 0.431 e. The zero-order valence-electron chi connectivity index (χ0n) is 19.1. The molecule has 208 valence electrons. The van der Waals surface area contributed by atoms with Crippen molar-refractivity contribution in [1.82, 2.24) is 5.32 Å². The lowest BCUT2D eigenvalue weighted by molar-refractivity contribution is -0.384. The molecule has 3 heterocycles. The van der Waals surface area contributed by atoms with Crippen molar-refractivity contribution in [3.63, 3.8) is 0 Å². The number of piperidine rings is 1. The molecular weight excluding hydrogens is 578 g/mol. The summed E-state index contributed by atoms with van der Waals surface area (Å²) in [6, 6.07) is 7.81. The quantitative estimate of drug-likeness (QED) is 0.160. The monoisotopic (exact) mass is 594 g/mol. The minimum atomic E-state index is -5.99. The molecule has 0 amide bonds. The van der Waals surface area contributed by atoms with Crippen molar-refractivity contribution in [1.29, 1.82) is 0 Å². The zero-order valence-corrected chi connectivity index (χ0v) is 20.7. The first kappa shape index (κ1) is 28.8. The van der Waals surface area contributed by atoms with Crippen LogP contribution in [0, 0.1) is 22.0 Å². The van der Waals surface area contributed by atoms with Crippen LogP contribution < -0.4 is 5.32 Å².